The summed E-state index contributed by atoms with van der Waals surface area (Å²) in [6, 6.07) is 18.2. The summed E-state index contributed by atoms with van der Waals surface area (Å²) >= 11 is 22.5. The molecule has 4 nitrogen and oxygen atoms in total. The maximum Gasteiger partial charge on any atom is 0.270 e. The Kier molecular flexibility index (Phi) is 7.66. The van der Waals surface area contributed by atoms with Gasteiger partial charge in [-0.1, -0.05) is 71.4 Å². The average molecular weight is 581 g/mol. The summed E-state index contributed by atoms with van der Waals surface area (Å²) in [5, 5.41) is 1.08. The zero-order valence-electron chi connectivity index (χ0n) is 17.2. The van der Waals surface area contributed by atoms with Crippen LogP contribution in [0.25, 0.3) is 6.08 Å². The van der Waals surface area contributed by atoms with E-state index in [9.17, 15) is 4.79 Å². The van der Waals surface area contributed by atoms with Gasteiger partial charge in [-0.25, -0.2) is 0 Å². The zero-order valence-corrected chi connectivity index (χ0v) is 21.9. The Morgan fingerprint density at radius 2 is 1.88 bits per heavy atom. The normalized spacial score (nSPS) is 14.8. The van der Waals surface area contributed by atoms with Gasteiger partial charge in [0.1, 0.15) is 6.61 Å². The summed E-state index contributed by atoms with van der Waals surface area (Å²) < 4.78 is 12.7. The highest BCUT2D eigenvalue weighted by Gasteiger charge is 2.33. The molecule has 0 N–H and O–H groups in total. The second-order valence-corrected chi connectivity index (χ2v) is 10.3. The third-order valence-electron chi connectivity index (χ3n) is 4.74. The Hall–Kier alpha value is -2.03. The van der Waals surface area contributed by atoms with Crippen molar-refractivity contribution in [1.82, 2.24) is 0 Å². The van der Waals surface area contributed by atoms with Crippen LogP contribution in [0.2, 0.25) is 10.0 Å². The number of halogens is 3. The second kappa shape index (κ2) is 10.5. The van der Waals surface area contributed by atoms with Crippen molar-refractivity contribution in [3.05, 3.63) is 91.2 Å². The summed E-state index contributed by atoms with van der Waals surface area (Å²) in [4.78, 5) is 15.1. The number of benzene rings is 3. The van der Waals surface area contributed by atoms with Crippen LogP contribution in [0.4, 0.5) is 5.69 Å². The van der Waals surface area contributed by atoms with E-state index < -0.39 is 0 Å². The number of hydrogen-bond donors (Lipinski definition) is 0. The smallest absolute Gasteiger partial charge is 0.270 e. The van der Waals surface area contributed by atoms with Crippen LogP contribution in [0.5, 0.6) is 11.5 Å². The van der Waals surface area contributed by atoms with Gasteiger partial charge in [0, 0.05) is 15.6 Å². The van der Waals surface area contributed by atoms with Gasteiger partial charge in [0.05, 0.1) is 22.2 Å². The third kappa shape index (κ3) is 5.39. The van der Waals surface area contributed by atoms with E-state index in [0.29, 0.717) is 35.2 Å². The average Bonchev–Trinajstić information content (AvgIpc) is 3.07. The summed E-state index contributed by atoms with van der Waals surface area (Å²) in [5.74, 6) is 0.876. The number of carbonyl (C=O) groups is 1. The molecule has 4 rings (SSSR count). The van der Waals surface area contributed by atoms with Crippen LogP contribution < -0.4 is 14.4 Å². The molecule has 1 aliphatic heterocycles. The minimum atomic E-state index is -0.163. The number of thiocarbonyl (C=S) groups is 1. The van der Waals surface area contributed by atoms with Crippen molar-refractivity contribution in [3.63, 3.8) is 0 Å². The second-order valence-electron chi connectivity index (χ2n) is 6.91. The number of amides is 1. The van der Waals surface area contributed by atoms with Crippen LogP contribution in [-0.2, 0) is 11.4 Å². The van der Waals surface area contributed by atoms with Crippen LogP contribution >= 0.6 is 63.1 Å². The molecule has 0 aromatic heterocycles. The summed E-state index contributed by atoms with van der Waals surface area (Å²) in [6.45, 7) is 0.236. The topological polar surface area (TPSA) is 38.8 Å². The molecule has 3 aromatic carbocycles. The first-order chi connectivity index (χ1) is 15.9. The lowest BCUT2D eigenvalue weighted by Gasteiger charge is -2.15. The van der Waals surface area contributed by atoms with Gasteiger partial charge >= 0.3 is 0 Å². The van der Waals surface area contributed by atoms with Gasteiger partial charge in [-0.05, 0) is 64.0 Å². The fourth-order valence-corrected chi connectivity index (χ4v) is 5.51. The molecule has 3 aromatic rings. The molecule has 33 heavy (non-hydrogen) atoms. The number of anilines is 1. The maximum atomic E-state index is 13.0. The number of ether oxygens (including phenoxy) is 2. The number of thioether (sulfide) groups is 1. The summed E-state index contributed by atoms with van der Waals surface area (Å²) in [6.07, 6.45) is 1.79. The minimum absolute atomic E-state index is 0.163. The molecule has 168 valence electrons. The Balaban J connectivity index is 1.58. The highest BCUT2D eigenvalue weighted by molar-refractivity contribution is 9.10. The third-order valence-corrected chi connectivity index (χ3v) is 7.22. The molecule has 0 aliphatic carbocycles. The van der Waals surface area contributed by atoms with Gasteiger partial charge in [-0.2, -0.15) is 0 Å². The number of methoxy groups -OCH3 is 1. The SMILES string of the molecule is COc1cc(/C=C2/SC(=S)N(c3ccccc3)C2=O)cc(Br)c1OCc1ccc(Cl)cc1Cl. The number of hydrogen-bond acceptors (Lipinski definition) is 5. The van der Waals surface area contributed by atoms with E-state index in [1.807, 2.05) is 42.5 Å². The fourth-order valence-electron chi connectivity index (χ4n) is 3.17. The van der Waals surface area contributed by atoms with Crippen LogP contribution in [0.15, 0.2) is 70.0 Å². The van der Waals surface area contributed by atoms with Gasteiger partial charge in [0.2, 0.25) is 0 Å². The number of rotatable bonds is 6. The first-order valence-electron chi connectivity index (χ1n) is 9.64. The minimum Gasteiger partial charge on any atom is -0.493 e. The molecular weight excluding hydrogens is 565 g/mol. The highest BCUT2D eigenvalue weighted by atomic mass is 79.9. The van der Waals surface area contributed by atoms with Crippen LogP contribution in [-0.4, -0.2) is 17.3 Å². The van der Waals surface area contributed by atoms with Gasteiger partial charge in [-0.15, -0.1) is 0 Å². The molecule has 1 heterocycles. The largest absolute Gasteiger partial charge is 0.493 e. The van der Waals surface area contributed by atoms with E-state index in [1.165, 1.54) is 16.7 Å². The van der Waals surface area contributed by atoms with Crippen molar-refractivity contribution in [2.45, 2.75) is 6.61 Å². The molecular formula is C24H16BrCl2NO3S2. The van der Waals surface area contributed by atoms with Crippen molar-refractivity contribution in [2.24, 2.45) is 0 Å². The van der Waals surface area contributed by atoms with Crippen LogP contribution in [0.1, 0.15) is 11.1 Å². The first kappa shape index (κ1) is 24.1. The molecule has 1 aliphatic rings. The summed E-state index contributed by atoms with van der Waals surface area (Å²) in [5.41, 5.74) is 2.31. The molecule has 9 heteroatoms. The highest BCUT2D eigenvalue weighted by Crippen LogP contribution is 2.40. The lowest BCUT2D eigenvalue weighted by Crippen LogP contribution is -2.27. The lowest BCUT2D eigenvalue weighted by molar-refractivity contribution is -0.113. The molecule has 0 atom stereocenters. The van der Waals surface area contributed by atoms with Crippen molar-refractivity contribution in [3.8, 4) is 11.5 Å². The summed E-state index contributed by atoms with van der Waals surface area (Å²) in [7, 11) is 1.56. The number of carbonyl (C=O) groups excluding carboxylic acids is 1. The van der Waals surface area contributed by atoms with Crippen molar-refractivity contribution in [2.75, 3.05) is 12.0 Å². The quantitative estimate of drug-likeness (QED) is 0.220. The van der Waals surface area contributed by atoms with Gasteiger partial charge in [0.25, 0.3) is 5.91 Å². The molecule has 1 fully saturated rings. The van der Waals surface area contributed by atoms with E-state index in [1.54, 1.807) is 31.4 Å². The number of para-hydroxylation sites is 1. The van der Waals surface area contributed by atoms with Crippen molar-refractivity contribution in [1.29, 1.82) is 0 Å². The van der Waals surface area contributed by atoms with E-state index >= 15 is 0 Å². The Morgan fingerprint density at radius 3 is 2.58 bits per heavy atom. The van der Waals surface area contributed by atoms with Gasteiger partial charge < -0.3 is 9.47 Å². The maximum absolute atomic E-state index is 13.0. The molecule has 0 spiro atoms. The van der Waals surface area contributed by atoms with Crippen molar-refractivity contribution < 1.29 is 14.3 Å². The molecule has 0 unspecified atom stereocenters. The predicted molar refractivity (Wildman–Crippen MR) is 144 cm³/mol. The number of nitrogens with zero attached hydrogens (tertiary/aromatic N) is 1. The van der Waals surface area contributed by atoms with Gasteiger partial charge in [-0.3, -0.25) is 9.69 Å². The molecule has 1 amide bonds. The van der Waals surface area contributed by atoms with E-state index in [2.05, 4.69) is 15.9 Å². The zero-order chi connectivity index (χ0) is 23.5. The Labute approximate surface area is 219 Å². The molecule has 1 saturated heterocycles. The van der Waals surface area contributed by atoms with E-state index in [0.717, 1.165) is 16.8 Å². The van der Waals surface area contributed by atoms with Crippen molar-refractivity contribution >= 4 is 85.1 Å². The van der Waals surface area contributed by atoms with Crippen LogP contribution in [0.3, 0.4) is 0 Å². The van der Waals surface area contributed by atoms with Gasteiger partial charge in [0.15, 0.2) is 15.8 Å². The lowest BCUT2D eigenvalue weighted by atomic mass is 10.1. The standard InChI is InChI=1S/C24H16BrCl2NO3S2/c1-30-20-10-14(9-18(25)22(20)31-13-15-7-8-16(26)12-19(15)27)11-21-23(29)28(24(32)33-21)17-5-3-2-4-6-17/h2-12H,13H2,1H3/b21-11+. The predicted octanol–water partition coefficient (Wildman–Crippen LogP) is 7.75. The fraction of sp³-hybridized carbons (Fsp3) is 0.0833. The molecule has 0 bridgehead atoms. The van der Waals surface area contributed by atoms with E-state index in [4.69, 9.17) is 44.9 Å². The first-order valence-corrected chi connectivity index (χ1v) is 12.4. The van der Waals surface area contributed by atoms with Crippen LogP contribution in [0, 0.1) is 0 Å². The Morgan fingerprint density at radius 1 is 1.12 bits per heavy atom. The monoisotopic (exact) mass is 579 g/mol. The molecule has 0 saturated carbocycles. The Bertz CT molecular complexity index is 1270. The van der Waals surface area contributed by atoms with E-state index in [-0.39, 0.29) is 12.5 Å². The molecule has 0 radical (unpaired) electrons.